The number of aromatic nitrogens is 2. The molecule has 4 nitrogen and oxygen atoms in total. The lowest BCUT2D eigenvalue weighted by Crippen LogP contribution is -2.04. The Morgan fingerprint density at radius 3 is 2.59 bits per heavy atom. The second-order valence-electron chi connectivity index (χ2n) is 3.28. The molecule has 5 heteroatoms. The number of nitrogens with zero attached hydrogens (tertiary/aromatic N) is 2. The molecule has 2 aromatic rings. The van der Waals surface area contributed by atoms with E-state index < -0.39 is 5.97 Å². The van der Waals surface area contributed by atoms with Crippen LogP contribution in [-0.2, 0) is 4.74 Å². The first-order valence-electron chi connectivity index (χ1n) is 4.89. The van der Waals surface area contributed by atoms with Gasteiger partial charge in [-0.3, -0.25) is 0 Å². The van der Waals surface area contributed by atoms with Crippen LogP contribution in [0.3, 0.4) is 0 Å². The third kappa shape index (κ3) is 2.42. The average Bonchev–Trinajstić information content (AvgIpc) is 2.39. The lowest BCUT2D eigenvalue weighted by Gasteiger charge is -2.06. The number of esters is 1. The van der Waals surface area contributed by atoms with Crippen molar-refractivity contribution in [2.24, 2.45) is 0 Å². The van der Waals surface area contributed by atoms with Crippen LogP contribution in [0, 0.1) is 0 Å². The predicted molar refractivity (Wildman–Crippen MR) is 63.8 cm³/mol. The van der Waals surface area contributed by atoms with Crippen molar-refractivity contribution in [3.63, 3.8) is 0 Å². The topological polar surface area (TPSA) is 52.1 Å². The Balaban J connectivity index is 2.51. The van der Waals surface area contributed by atoms with E-state index in [1.54, 1.807) is 30.3 Å². The fourth-order valence-corrected chi connectivity index (χ4v) is 1.55. The summed E-state index contributed by atoms with van der Waals surface area (Å²) in [6.07, 6.45) is 0. The number of benzene rings is 1. The molecule has 0 bridgehead atoms. The zero-order valence-electron chi connectivity index (χ0n) is 9.05. The van der Waals surface area contributed by atoms with Crippen LogP contribution in [0.15, 0.2) is 36.4 Å². The molecule has 0 saturated heterocycles. The quantitative estimate of drug-likeness (QED) is 0.767. The van der Waals surface area contributed by atoms with Gasteiger partial charge in [-0.25, -0.2) is 4.79 Å². The molecule has 0 atom stereocenters. The highest BCUT2D eigenvalue weighted by Crippen LogP contribution is 2.22. The van der Waals surface area contributed by atoms with Crippen LogP contribution in [0.25, 0.3) is 11.3 Å². The maximum Gasteiger partial charge on any atom is 0.338 e. The van der Waals surface area contributed by atoms with Gasteiger partial charge in [-0.2, -0.15) is 0 Å². The van der Waals surface area contributed by atoms with Crippen molar-refractivity contribution < 1.29 is 9.53 Å². The van der Waals surface area contributed by atoms with Gasteiger partial charge in [-0.05, 0) is 18.2 Å². The van der Waals surface area contributed by atoms with Gasteiger partial charge in [-0.1, -0.05) is 29.8 Å². The molecule has 0 N–H and O–H groups in total. The maximum absolute atomic E-state index is 11.6. The molecule has 1 heterocycles. The van der Waals surface area contributed by atoms with Crippen LogP contribution >= 0.6 is 11.6 Å². The van der Waals surface area contributed by atoms with E-state index in [0.29, 0.717) is 22.0 Å². The van der Waals surface area contributed by atoms with Crippen molar-refractivity contribution in [2.45, 2.75) is 0 Å². The smallest absolute Gasteiger partial charge is 0.338 e. The summed E-state index contributed by atoms with van der Waals surface area (Å²) in [5.74, 6) is -0.405. The van der Waals surface area contributed by atoms with Gasteiger partial charge in [0.05, 0.1) is 18.4 Å². The molecule has 0 aliphatic rings. The molecular formula is C12H9ClN2O2. The van der Waals surface area contributed by atoms with Crippen molar-refractivity contribution in [1.29, 1.82) is 0 Å². The lowest BCUT2D eigenvalue weighted by atomic mass is 10.0. The normalized spacial score (nSPS) is 10.0. The van der Waals surface area contributed by atoms with E-state index in [-0.39, 0.29) is 0 Å². The largest absolute Gasteiger partial charge is 0.465 e. The Morgan fingerprint density at radius 1 is 1.18 bits per heavy atom. The Labute approximate surface area is 103 Å². The molecule has 1 aromatic carbocycles. The minimum Gasteiger partial charge on any atom is -0.465 e. The minimum absolute atomic E-state index is 0.310. The molecule has 0 fully saturated rings. The summed E-state index contributed by atoms with van der Waals surface area (Å²) in [6.45, 7) is 0. The summed E-state index contributed by atoms with van der Waals surface area (Å²) in [5, 5.41) is 7.99. The zero-order valence-corrected chi connectivity index (χ0v) is 9.81. The van der Waals surface area contributed by atoms with Gasteiger partial charge in [0, 0.05) is 5.56 Å². The molecule has 0 aliphatic heterocycles. The lowest BCUT2D eigenvalue weighted by molar-refractivity contribution is 0.0601. The number of carbonyl (C=O) groups is 1. The van der Waals surface area contributed by atoms with Crippen LogP contribution in [0.1, 0.15) is 10.4 Å². The van der Waals surface area contributed by atoms with Crippen molar-refractivity contribution in [3.8, 4) is 11.3 Å². The maximum atomic E-state index is 11.6. The second kappa shape index (κ2) is 4.93. The van der Waals surface area contributed by atoms with Gasteiger partial charge in [0.2, 0.25) is 0 Å². The van der Waals surface area contributed by atoms with Crippen LogP contribution in [0.4, 0.5) is 0 Å². The third-order valence-corrected chi connectivity index (χ3v) is 2.44. The molecule has 86 valence electrons. The number of hydrogen-bond donors (Lipinski definition) is 0. The van der Waals surface area contributed by atoms with E-state index in [4.69, 9.17) is 16.3 Å². The number of halogens is 1. The fourth-order valence-electron chi connectivity index (χ4n) is 1.45. The molecule has 0 aliphatic carbocycles. The van der Waals surface area contributed by atoms with Crippen LogP contribution < -0.4 is 0 Å². The van der Waals surface area contributed by atoms with Gasteiger partial charge in [0.25, 0.3) is 0 Å². The standard InChI is InChI=1S/C12H9ClN2O2/c1-17-12(16)9-5-3-2-4-8(9)10-6-7-11(13)15-14-10/h2-7H,1H3. The first-order valence-corrected chi connectivity index (χ1v) is 5.27. The molecule has 0 saturated carbocycles. The molecule has 2 rings (SSSR count). The highest BCUT2D eigenvalue weighted by Gasteiger charge is 2.13. The summed E-state index contributed by atoms with van der Waals surface area (Å²) >= 11 is 5.66. The molecular weight excluding hydrogens is 240 g/mol. The van der Waals surface area contributed by atoms with Crippen molar-refractivity contribution >= 4 is 17.6 Å². The van der Waals surface area contributed by atoms with Gasteiger partial charge in [0.15, 0.2) is 5.15 Å². The van der Waals surface area contributed by atoms with E-state index in [0.717, 1.165) is 0 Å². The Morgan fingerprint density at radius 2 is 1.94 bits per heavy atom. The predicted octanol–water partition coefficient (Wildman–Crippen LogP) is 2.58. The van der Waals surface area contributed by atoms with E-state index in [2.05, 4.69) is 10.2 Å². The second-order valence-corrected chi connectivity index (χ2v) is 3.67. The van der Waals surface area contributed by atoms with Gasteiger partial charge < -0.3 is 4.74 Å². The monoisotopic (exact) mass is 248 g/mol. The van der Waals surface area contributed by atoms with E-state index >= 15 is 0 Å². The number of hydrogen-bond acceptors (Lipinski definition) is 4. The number of methoxy groups -OCH3 is 1. The van der Waals surface area contributed by atoms with Crippen molar-refractivity contribution in [2.75, 3.05) is 7.11 Å². The van der Waals surface area contributed by atoms with E-state index in [1.807, 2.05) is 6.07 Å². The van der Waals surface area contributed by atoms with Gasteiger partial charge in [-0.15, -0.1) is 10.2 Å². The third-order valence-electron chi connectivity index (χ3n) is 2.24. The number of carbonyl (C=O) groups excluding carboxylic acids is 1. The van der Waals surface area contributed by atoms with E-state index in [1.165, 1.54) is 7.11 Å². The minimum atomic E-state index is -0.405. The van der Waals surface area contributed by atoms with Crippen LogP contribution in [0.5, 0.6) is 0 Å². The van der Waals surface area contributed by atoms with Crippen LogP contribution in [0.2, 0.25) is 5.15 Å². The molecule has 0 radical (unpaired) electrons. The summed E-state index contributed by atoms with van der Waals surface area (Å²) in [7, 11) is 1.34. The average molecular weight is 249 g/mol. The number of ether oxygens (including phenoxy) is 1. The SMILES string of the molecule is COC(=O)c1ccccc1-c1ccc(Cl)nn1. The first kappa shape index (κ1) is 11.5. The molecule has 0 amide bonds. The first-order chi connectivity index (χ1) is 8.22. The van der Waals surface area contributed by atoms with Crippen molar-refractivity contribution in [3.05, 3.63) is 47.1 Å². The summed E-state index contributed by atoms with van der Waals surface area (Å²) < 4.78 is 4.71. The Hall–Kier alpha value is -1.94. The van der Waals surface area contributed by atoms with Crippen LogP contribution in [-0.4, -0.2) is 23.3 Å². The van der Waals surface area contributed by atoms with Gasteiger partial charge >= 0.3 is 5.97 Å². The highest BCUT2D eigenvalue weighted by molar-refractivity contribution is 6.29. The molecule has 1 aromatic heterocycles. The fraction of sp³-hybridized carbons (Fsp3) is 0.0833. The molecule has 17 heavy (non-hydrogen) atoms. The molecule has 0 spiro atoms. The summed E-state index contributed by atoms with van der Waals surface area (Å²) in [6, 6.07) is 10.4. The summed E-state index contributed by atoms with van der Waals surface area (Å²) in [5.41, 5.74) is 1.70. The zero-order chi connectivity index (χ0) is 12.3. The van der Waals surface area contributed by atoms with Gasteiger partial charge in [0.1, 0.15) is 0 Å². The Kier molecular flexibility index (Phi) is 3.35. The van der Waals surface area contributed by atoms with E-state index in [9.17, 15) is 4.79 Å². The van der Waals surface area contributed by atoms with Crippen molar-refractivity contribution in [1.82, 2.24) is 10.2 Å². The molecule has 0 unspecified atom stereocenters. The Bertz CT molecular complexity index is 540. The number of rotatable bonds is 2. The summed E-state index contributed by atoms with van der Waals surface area (Å²) in [4.78, 5) is 11.6. The highest BCUT2D eigenvalue weighted by atomic mass is 35.5.